The number of guanidine groups is 1. The van der Waals surface area contributed by atoms with Crippen molar-refractivity contribution >= 4 is 41.5 Å². The Kier molecular flexibility index (Phi) is 11.0. The Morgan fingerprint density at radius 3 is 2.45 bits per heavy atom. The molecular weight excluding hydrogens is 538 g/mol. The number of carbonyl (C=O) groups is 1. The highest BCUT2D eigenvalue weighted by molar-refractivity contribution is 14.0. The lowest BCUT2D eigenvalue weighted by atomic mass is 10.2. The largest absolute Gasteiger partial charge is 0.434 e. The van der Waals surface area contributed by atoms with Crippen molar-refractivity contribution in [2.75, 3.05) is 18.4 Å². The first-order valence-corrected chi connectivity index (χ1v) is 8.80. The second kappa shape index (κ2) is 12.9. The minimum atomic E-state index is -2.98. The molecule has 0 radical (unpaired) electrons. The summed E-state index contributed by atoms with van der Waals surface area (Å²) in [6.07, 6.45) is 0. The average Bonchev–Trinajstić information content (AvgIpc) is 2.71. The Morgan fingerprint density at radius 2 is 1.77 bits per heavy atom. The third-order valence-electron chi connectivity index (χ3n) is 3.67. The Balaban J connectivity index is 0.00000480. The van der Waals surface area contributed by atoms with Gasteiger partial charge in [0.05, 0.1) is 18.8 Å². The molecule has 0 unspecified atom stereocenters. The van der Waals surface area contributed by atoms with Crippen LogP contribution in [0.1, 0.15) is 12.5 Å². The molecule has 170 valence electrons. The number of hydrogen-bond donors (Lipinski definition) is 3. The summed E-state index contributed by atoms with van der Waals surface area (Å²) in [4.78, 5) is 16.2. The maximum atomic E-state index is 13.6. The molecule has 1 amide bonds. The molecule has 31 heavy (non-hydrogen) atoms. The van der Waals surface area contributed by atoms with Gasteiger partial charge in [-0.1, -0.05) is 18.2 Å². The van der Waals surface area contributed by atoms with Crippen molar-refractivity contribution in [3.63, 3.8) is 0 Å². The Labute approximate surface area is 192 Å². The van der Waals surface area contributed by atoms with Crippen molar-refractivity contribution in [1.82, 2.24) is 10.6 Å². The molecule has 0 saturated heterocycles. The summed E-state index contributed by atoms with van der Waals surface area (Å²) in [6.45, 7) is -1.19. The van der Waals surface area contributed by atoms with E-state index in [0.29, 0.717) is 18.2 Å². The normalized spacial score (nSPS) is 11.0. The Morgan fingerprint density at radius 1 is 1.06 bits per heavy atom. The molecule has 2 aromatic rings. The number of carbonyl (C=O) groups excluding carboxylic acids is 1. The summed E-state index contributed by atoms with van der Waals surface area (Å²) in [5, 5.41) is 7.62. The zero-order valence-electron chi connectivity index (χ0n) is 16.2. The van der Waals surface area contributed by atoms with Crippen LogP contribution in [0.4, 0.5) is 27.6 Å². The minimum absolute atomic E-state index is 0. The summed E-state index contributed by atoms with van der Waals surface area (Å²) in [7, 11) is 0. The number of alkyl halides is 2. The number of ether oxygens (including phenoxy) is 1. The third-order valence-corrected chi connectivity index (χ3v) is 3.67. The number of benzene rings is 2. The fraction of sp³-hybridized carbons (Fsp3) is 0.263. The number of para-hydroxylation sites is 1. The molecule has 2 aromatic carbocycles. The molecule has 0 bridgehead atoms. The number of nitrogens with zero attached hydrogens (tertiary/aromatic N) is 1. The number of anilines is 1. The van der Waals surface area contributed by atoms with E-state index in [1.165, 1.54) is 12.1 Å². The molecule has 0 aliphatic carbocycles. The van der Waals surface area contributed by atoms with Gasteiger partial charge in [0.15, 0.2) is 23.4 Å². The average molecular weight is 558 g/mol. The van der Waals surface area contributed by atoms with Crippen molar-refractivity contribution in [1.29, 1.82) is 0 Å². The van der Waals surface area contributed by atoms with Gasteiger partial charge in [-0.3, -0.25) is 4.79 Å². The molecule has 0 saturated carbocycles. The number of halogens is 6. The van der Waals surface area contributed by atoms with Gasteiger partial charge in [0.1, 0.15) is 5.75 Å². The van der Waals surface area contributed by atoms with E-state index in [1.54, 1.807) is 19.1 Å². The highest BCUT2D eigenvalue weighted by Crippen LogP contribution is 2.21. The van der Waals surface area contributed by atoms with Crippen LogP contribution in [-0.2, 0) is 11.3 Å². The summed E-state index contributed by atoms with van der Waals surface area (Å²) in [5.74, 6) is -5.18. The van der Waals surface area contributed by atoms with Crippen LogP contribution in [0.3, 0.4) is 0 Å². The number of amides is 1. The highest BCUT2D eigenvalue weighted by atomic mass is 127. The summed E-state index contributed by atoms with van der Waals surface area (Å²) in [6, 6.07) is 7.69. The van der Waals surface area contributed by atoms with Crippen LogP contribution in [0.25, 0.3) is 0 Å². The van der Waals surface area contributed by atoms with E-state index in [1.807, 2.05) is 0 Å². The quantitative estimate of drug-likeness (QED) is 0.151. The lowest BCUT2D eigenvalue weighted by molar-refractivity contribution is -0.115. The summed E-state index contributed by atoms with van der Waals surface area (Å²) in [5.41, 5.74) is -0.121. The molecule has 6 nitrogen and oxygen atoms in total. The summed E-state index contributed by atoms with van der Waals surface area (Å²) < 4.78 is 69.2. The Bertz CT molecular complexity index is 915. The van der Waals surface area contributed by atoms with Gasteiger partial charge in [0.25, 0.3) is 0 Å². The molecule has 3 N–H and O–H groups in total. The fourth-order valence-electron chi connectivity index (χ4n) is 2.33. The fourth-order valence-corrected chi connectivity index (χ4v) is 2.33. The number of nitrogens with one attached hydrogen (secondary N) is 3. The highest BCUT2D eigenvalue weighted by Gasteiger charge is 2.15. The molecule has 0 spiro atoms. The molecule has 0 fully saturated rings. The van der Waals surface area contributed by atoms with Crippen LogP contribution in [0, 0.1) is 17.5 Å². The molecule has 2 rings (SSSR count). The van der Waals surface area contributed by atoms with Gasteiger partial charge < -0.3 is 20.7 Å². The standard InChI is InChI=1S/C19H19F5N4O2.HI/c1-2-25-19(26-9-11-5-3-4-6-14(11)30-18(23)24)27-10-15(29)28-13-8-7-12(20)16(21)17(13)22;/h3-8,18H,2,9-10H2,1H3,(H,28,29)(H2,25,26,27);1H. The minimum Gasteiger partial charge on any atom is -0.434 e. The van der Waals surface area contributed by atoms with Crippen molar-refractivity contribution in [2.45, 2.75) is 20.1 Å². The van der Waals surface area contributed by atoms with Gasteiger partial charge in [-0.15, -0.1) is 24.0 Å². The van der Waals surface area contributed by atoms with Crippen LogP contribution in [0.2, 0.25) is 0 Å². The van der Waals surface area contributed by atoms with Crippen molar-refractivity contribution in [2.24, 2.45) is 4.99 Å². The third kappa shape index (κ3) is 8.19. The van der Waals surface area contributed by atoms with Crippen molar-refractivity contribution in [3.8, 4) is 5.75 Å². The van der Waals surface area contributed by atoms with Crippen LogP contribution >= 0.6 is 24.0 Å². The molecule has 0 aromatic heterocycles. The maximum Gasteiger partial charge on any atom is 0.387 e. The topological polar surface area (TPSA) is 74.8 Å². The second-order valence-corrected chi connectivity index (χ2v) is 5.81. The van der Waals surface area contributed by atoms with Gasteiger partial charge in [-0.25, -0.2) is 18.2 Å². The Hall–Kier alpha value is -2.64. The predicted molar refractivity (Wildman–Crippen MR) is 116 cm³/mol. The first-order chi connectivity index (χ1) is 14.3. The van der Waals surface area contributed by atoms with Gasteiger partial charge in [-0.05, 0) is 25.1 Å². The van der Waals surface area contributed by atoms with E-state index in [9.17, 15) is 26.7 Å². The predicted octanol–water partition coefficient (Wildman–Crippen LogP) is 4.02. The lowest BCUT2D eigenvalue weighted by Crippen LogP contribution is -2.41. The SMILES string of the molecule is CCNC(=NCc1ccccc1OC(F)F)NCC(=O)Nc1ccc(F)c(F)c1F.I. The van der Waals surface area contributed by atoms with Gasteiger partial charge >= 0.3 is 6.61 Å². The monoisotopic (exact) mass is 558 g/mol. The van der Waals surface area contributed by atoms with Crippen LogP contribution in [-0.4, -0.2) is 31.6 Å². The van der Waals surface area contributed by atoms with E-state index in [-0.39, 0.29) is 48.8 Å². The van der Waals surface area contributed by atoms with E-state index < -0.39 is 35.7 Å². The van der Waals surface area contributed by atoms with E-state index >= 15 is 0 Å². The second-order valence-electron chi connectivity index (χ2n) is 5.81. The molecule has 0 heterocycles. The van der Waals surface area contributed by atoms with Gasteiger partial charge in [-0.2, -0.15) is 8.78 Å². The van der Waals surface area contributed by atoms with Crippen molar-refractivity contribution < 1.29 is 31.5 Å². The van der Waals surface area contributed by atoms with Crippen LogP contribution in [0.15, 0.2) is 41.4 Å². The first-order valence-electron chi connectivity index (χ1n) is 8.80. The van der Waals surface area contributed by atoms with Crippen molar-refractivity contribution in [3.05, 3.63) is 59.4 Å². The number of rotatable bonds is 8. The van der Waals surface area contributed by atoms with E-state index in [0.717, 1.165) is 6.07 Å². The lowest BCUT2D eigenvalue weighted by Gasteiger charge is -2.13. The van der Waals surface area contributed by atoms with E-state index in [4.69, 9.17) is 0 Å². The molecule has 0 atom stereocenters. The number of aliphatic imine (C=N–C) groups is 1. The maximum absolute atomic E-state index is 13.6. The zero-order chi connectivity index (χ0) is 22.1. The van der Waals surface area contributed by atoms with Crippen LogP contribution in [0.5, 0.6) is 5.75 Å². The number of hydrogen-bond acceptors (Lipinski definition) is 3. The first kappa shape index (κ1) is 26.4. The molecular formula is C19H20F5IN4O2. The van der Waals surface area contributed by atoms with Gasteiger partial charge in [0.2, 0.25) is 5.91 Å². The van der Waals surface area contributed by atoms with E-state index in [2.05, 4.69) is 25.7 Å². The molecule has 0 aliphatic rings. The molecule has 12 heteroatoms. The summed E-state index contributed by atoms with van der Waals surface area (Å²) >= 11 is 0. The van der Waals surface area contributed by atoms with Crippen LogP contribution < -0.4 is 20.7 Å². The smallest absolute Gasteiger partial charge is 0.387 e. The zero-order valence-corrected chi connectivity index (χ0v) is 18.6. The molecule has 0 aliphatic heterocycles. The van der Waals surface area contributed by atoms with Gasteiger partial charge in [0, 0.05) is 12.1 Å².